The number of fused-ring (bicyclic) bond motifs is 4. The molecule has 4 atom stereocenters. The molecule has 1 spiro atoms. The number of hydrogen-bond donors (Lipinski definition) is 3. The van der Waals surface area contributed by atoms with Gasteiger partial charge in [-0.15, -0.1) is 0 Å². The molecule has 0 radical (unpaired) electrons. The van der Waals surface area contributed by atoms with E-state index >= 15 is 0 Å². The number of quaternary nitrogens is 1. The van der Waals surface area contributed by atoms with Gasteiger partial charge in [-0.2, -0.15) is 0 Å². The van der Waals surface area contributed by atoms with Crippen LogP contribution in [0.4, 0.5) is 15.8 Å². The van der Waals surface area contributed by atoms with Crippen LogP contribution in [0.2, 0.25) is 0 Å². The number of rotatable bonds is 3. The van der Waals surface area contributed by atoms with Crippen LogP contribution in [0.25, 0.3) is 0 Å². The zero-order chi connectivity index (χ0) is 20.2. The molecule has 3 N–H and O–H groups in total. The molecule has 0 aliphatic carbocycles. The van der Waals surface area contributed by atoms with Crippen molar-refractivity contribution in [2.45, 2.75) is 30.8 Å². The van der Waals surface area contributed by atoms with Gasteiger partial charge in [0.25, 0.3) is 5.91 Å². The van der Waals surface area contributed by atoms with E-state index in [4.69, 9.17) is 4.74 Å². The lowest BCUT2D eigenvalue weighted by Gasteiger charge is -2.33. The molecule has 2 amide bonds. The van der Waals surface area contributed by atoms with Gasteiger partial charge >= 0.3 is 0 Å². The first-order valence-electron chi connectivity index (χ1n) is 9.96. The molecular weight excluding hydrogens is 373 g/mol. The maximum Gasteiger partial charge on any atom is 0.291 e. The Morgan fingerprint density at radius 3 is 2.83 bits per heavy atom. The van der Waals surface area contributed by atoms with E-state index in [1.54, 1.807) is 37.4 Å². The van der Waals surface area contributed by atoms with E-state index < -0.39 is 17.3 Å². The van der Waals surface area contributed by atoms with Gasteiger partial charge in [0, 0.05) is 30.5 Å². The summed E-state index contributed by atoms with van der Waals surface area (Å²) in [5, 5.41) is 5.87. The fraction of sp³-hybridized carbons (Fsp3) is 0.364. The highest BCUT2D eigenvalue weighted by atomic mass is 19.1. The quantitative estimate of drug-likeness (QED) is 0.739. The van der Waals surface area contributed by atoms with Crippen LogP contribution in [0.15, 0.2) is 42.5 Å². The van der Waals surface area contributed by atoms with Gasteiger partial charge in [0.15, 0.2) is 0 Å². The molecule has 2 aromatic carbocycles. The number of hydrogen-bond acceptors (Lipinski definition) is 3. The number of benzene rings is 2. The largest absolute Gasteiger partial charge is 0.497 e. The Morgan fingerprint density at radius 2 is 2.07 bits per heavy atom. The molecule has 2 saturated heterocycles. The third-order valence-corrected chi connectivity index (χ3v) is 6.73. The second-order valence-corrected chi connectivity index (χ2v) is 8.07. The summed E-state index contributed by atoms with van der Waals surface area (Å²) in [6.07, 6.45) is 2.59. The fourth-order valence-corrected chi connectivity index (χ4v) is 5.55. The fourth-order valence-electron chi connectivity index (χ4n) is 5.55. The lowest BCUT2D eigenvalue weighted by Crippen LogP contribution is -3.19. The standard InChI is InChI=1S/C22H22FN3O3/c1-29-16-7-5-14(6-8-16)24-20(27)18-12-15-3-2-10-26(15)22(18)17-11-13(23)4-9-19(17)25-21(22)28/h4-9,11,15,18H,2-3,10,12H2,1H3,(H,24,27)(H,25,28)/p+1/t15-,18+,22-/m0/s1. The Balaban J connectivity index is 1.55. The van der Waals surface area contributed by atoms with Crippen molar-refractivity contribution in [1.82, 2.24) is 0 Å². The number of anilines is 2. The summed E-state index contributed by atoms with van der Waals surface area (Å²) >= 11 is 0. The van der Waals surface area contributed by atoms with E-state index in [9.17, 15) is 14.0 Å². The number of nitrogens with one attached hydrogen (secondary N) is 3. The topological polar surface area (TPSA) is 71.9 Å². The van der Waals surface area contributed by atoms with Crippen LogP contribution in [-0.4, -0.2) is 31.5 Å². The van der Waals surface area contributed by atoms with Gasteiger partial charge in [-0.3, -0.25) is 9.59 Å². The third kappa shape index (κ3) is 2.57. The van der Waals surface area contributed by atoms with Crippen molar-refractivity contribution in [2.75, 3.05) is 24.3 Å². The molecule has 1 unspecified atom stereocenters. The normalized spacial score (nSPS) is 29.4. The molecular formula is C22H23FN3O3+. The van der Waals surface area contributed by atoms with Crippen LogP contribution in [-0.2, 0) is 15.1 Å². The van der Waals surface area contributed by atoms with Crippen LogP contribution in [0, 0.1) is 11.7 Å². The lowest BCUT2D eigenvalue weighted by atomic mass is 9.78. The number of ether oxygens (including phenoxy) is 1. The summed E-state index contributed by atoms with van der Waals surface area (Å²) in [7, 11) is 1.58. The second-order valence-electron chi connectivity index (χ2n) is 8.07. The van der Waals surface area contributed by atoms with Gasteiger partial charge in [-0.05, 0) is 42.5 Å². The molecule has 3 aliphatic rings. The minimum atomic E-state index is -1.07. The molecule has 2 fully saturated rings. The highest BCUT2D eigenvalue weighted by Crippen LogP contribution is 2.46. The summed E-state index contributed by atoms with van der Waals surface area (Å²) in [5.74, 6) is -0.661. The highest BCUT2D eigenvalue weighted by molar-refractivity contribution is 6.09. The first-order chi connectivity index (χ1) is 14.0. The Morgan fingerprint density at radius 1 is 1.28 bits per heavy atom. The van der Waals surface area contributed by atoms with Crippen molar-refractivity contribution in [3.8, 4) is 5.75 Å². The highest BCUT2D eigenvalue weighted by Gasteiger charge is 2.69. The summed E-state index contributed by atoms with van der Waals surface area (Å²) < 4.78 is 19.3. The van der Waals surface area contributed by atoms with Gasteiger partial charge in [0.1, 0.15) is 17.5 Å². The molecule has 6 nitrogen and oxygen atoms in total. The smallest absolute Gasteiger partial charge is 0.291 e. The Labute approximate surface area is 168 Å². The van der Waals surface area contributed by atoms with E-state index in [2.05, 4.69) is 10.6 Å². The van der Waals surface area contributed by atoms with E-state index in [1.165, 1.54) is 12.1 Å². The summed E-state index contributed by atoms with van der Waals surface area (Å²) in [6.45, 7) is 0.806. The van der Waals surface area contributed by atoms with Crippen LogP contribution in [0.5, 0.6) is 5.75 Å². The molecule has 0 bridgehead atoms. The Hall–Kier alpha value is -2.93. The zero-order valence-corrected chi connectivity index (χ0v) is 16.1. The first-order valence-corrected chi connectivity index (χ1v) is 9.96. The molecule has 29 heavy (non-hydrogen) atoms. The average Bonchev–Trinajstić information content (AvgIpc) is 3.37. The number of halogens is 1. The predicted octanol–water partition coefficient (Wildman–Crippen LogP) is 1.69. The SMILES string of the molecule is COc1ccc(NC(=O)[C@H]2C[C@@H]3CCC[NH+]3[C@]23C(=O)Nc2ccc(F)cc23)cc1. The number of amides is 2. The molecule has 7 heteroatoms. The second kappa shape index (κ2) is 6.56. The van der Waals surface area contributed by atoms with Crippen LogP contribution < -0.4 is 20.3 Å². The molecule has 150 valence electrons. The van der Waals surface area contributed by atoms with Crippen LogP contribution in [0.1, 0.15) is 24.8 Å². The molecule has 2 aromatic rings. The van der Waals surface area contributed by atoms with Crippen molar-refractivity contribution in [2.24, 2.45) is 5.92 Å². The molecule has 0 aromatic heterocycles. The van der Waals surface area contributed by atoms with Crippen LogP contribution >= 0.6 is 0 Å². The Kier molecular flexibility index (Phi) is 4.10. The van der Waals surface area contributed by atoms with Gasteiger partial charge < -0.3 is 20.3 Å². The monoisotopic (exact) mass is 396 g/mol. The van der Waals surface area contributed by atoms with Crippen molar-refractivity contribution in [3.05, 3.63) is 53.8 Å². The van der Waals surface area contributed by atoms with E-state index in [0.717, 1.165) is 24.3 Å². The maximum absolute atomic E-state index is 14.2. The molecule has 3 aliphatic heterocycles. The maximum atomic E-state index is 14.2. The summed E-state index contributed by atoms with van der Waals surface area (Å²) in [6, 6.07) is 11.7. The third-order valence-electron chi connectivity index (χ3n) is 6.73. The molecule has 0 saturated carbocycles. The minimum absolute atomic E-state index is 0.201. The van der Waals surface area contributed by atoms with Crippen molar-refractivity contribution >= 4 is 23.2 Å². The van der Waals surface area contributed by atoms with Crippen molar-refractivity contribution < 1.29 is 23.6 Å². The predicted molar refractivity (Wildman–Crippen MR) is 105 cm³/mol. The van der Waals surface area contributed by atoms with Crippen LogP contribution in [0.3, 0.4) is 0 Å². The van der Waals surface area contributed by atoms with E-state index in [1.807, 2.05) is 0 Å². The van der Waals surface area contributed by atoms with E-state index in [-0.39, 0.29) is 17.9 Å². The number of carbonyl (C=O) groups is 2. The van der Waals surface area contributed by atoms with Gasteiger partial charge in [0.2, 0.25) is 11.4 Å². The number of carbonyl (C=O) groups excluding carboxylic acids is 2. The summed E-state index contributed by atoms with van der Waals surface area (Å²) in [5.41, 5.74) is 0.788. The average molecular weight is 396 g/mol. The molecule has 5 rings (SSSR count). The van der Waals surface area contributed by atoms with Gasteiger partial charge in [0.05, 0.1) is 25.4 Å². The Bertz CT molecular complexity index is 993. The molecule has 3 heterocycles. The summed E-state index contributed by atoms with van der Waals surface area (Å²) in [4.78, 5) is 27.8. The lowest BCUT2D eigenvalue weighted by molar-refractivity contribution is -0.947. The van der Waals surface area contributed by atoms with Crippen molar-refractivity contribution in [3.63, 3.8) is 0 Å². The van der Waals surface area contributed by atoms with E-state index in [0.29, 0.717) is 29.1 Å². The van der Waals surface area contributed by atoms with Crippen molar-refractivity contribution in [1.29, 1.82) is 0 Å². The van der Waals surface area contributed by atoms with Gasteiger partial charge in [-0.25, -0.2) is 4.39 Å². The number of methoxy groups -OCH3 is 1. The minimum Gasteiger partial charge on any atom is -0.497 e. The zero-order valence-electron chi connectivity index (χ0n) is 16.1. The van der Waals surface area contributed by atoms with Gasteiger partial charge in [-0.1, -0.05) is 0 Å². The first kappa shape index (κ1) is 18.1.